The second-order valence-corrected chi connectivity index (χ2v) is 6.44. The molecule has 2 N–H and O–H groups in total. The summed E-state index contributed by atoms with van der Waals surface area (Å²) in [5.41, 5.74) is -1.04. The van der Waals surface area contributed by atoms with Gasteiger partial charge in [0.15, 0.2) is 0 Å². The molecule has 1 rings (SSSR count). The SMILES string of the molecule is CC(C)CNC(=O)C(C)(C)C(=O)NCCN1CCOCC1. The first-order valence-corrected chi connectivity index (χ1v) is 7.70. The van der Waals surface area contributed by atoms with E-state index in [4.69, 9.17) is 4.74 Å². The molecule has 0 aromatic rings. The Kier molecular flexibility index (Phi) is 7.11. The number of morpholine rings is 1. The molecule has 0 saturated carbocycles. The minimum absolute atomic E-state index is 0.222. The average Bonchev–Trinajstić information content (AvgIpc) is 2.45. The summed E-state index contributed by atoms with van der Waals surface area (Å²) in [6.07, 6.45) is 0. The van der Waals surface area contributed by atoms with E-state index in [-0.39, 0.29) is 11.8 Å². The maximum Gasteiger partial charge on any atom is 0.235 e. The quantitative estimate of drug-likeness (QED) is 0.660. The maximum atomic E-state index is 12.2. The zero-order valence-electron chi connectivity index (χ0n) is 13.7. The van der Waals surface area contributed by atoms with E-state index in [0.29, 0.717) is 19.0 Å². The first-order valence-electron chi connectivity index (χ1n) is 7.70. The molecule has 0 spiro atoms. The van der Waals surface area contributed by atoms with Crippen molar-refractivity contribution in [1.82, 2.24) is 15.5 Å². The van der Waals surface area contributed by atoms with E-state index in [1.165, 1.54) is 0 Å². The lowest BCUT2D eigenvalue weighted by Crippen LogP contribution is -2.50. The van der Waals surface area contributed by atoms with E-state index in [1.54, 1.807) is 13.8 Å². The van der Waals surface area contributed by atoms with Crippen LogP contribution >= 0.6 is 0 Å². The maximum absolute atomic E-state index is 12.2. The van der Waals surface area contributed by atoms with Gasteiger partial charge in [-0.05, 0) is 19.8 Å². The minimum Gasteiger partial charge on any atom is -0.379 e. The van der Waals surface area contributed by atoms with Crippen LogP contribution in [-0.2, 0) is 14.3 Å². The van der Waals surface area contributed by atoms with Gasteiger partial charge in [0.1, 0.15) is 5.41 Å². The third-order valence-electron chi connectivity index (χ3n) is 3.62. The van der Waals surface area contributed by atoms with Crippen LogP contribution in [0.15, 0.2) is 0 Å². The van der Waals surface area contributed by atoms with E-state index in [2.05, 4.69) is 15.5 Å². The Labute approximate surface area is 127 Å². The van der Waals surface area contributed by atoms with E-state index in [0.717, 1.165) is 32.8 Å². The summed E-state index contributed by atoms with van der Waals surface area (Å²) in [4.78, 5) is 26.5. The van der Waals surface area contributed by atoms with Gasteiger partial charge in [-0.1, -0.05) is 13.8 Å². The van der Waals surface area contributed by atoms with Crippen LogP contribution in [0.4, 0.5) is 0 Å². The molecule has 1 fully saturated rings. The van der Waals surface area contributed by atoms with Gasteiger partial charge in [-0.3, -0.25) is 14.5 Å². The van der Waals surface area contributed by atoms with Crippen LogP contribution in [0.5, 0.6) is 0 Å². The van der Waals surface area contributed by atoms with Gasteiger partial charge in [-0.15, -0.1) is 0 Å². The lowest BCUT2D eigenvalue weighted by atomic mass is 9.91. The summed E-state index contributed by atoms with van der Waals surface area (Å²) in [6.45, 7) is 12.6. The van der Waals surface area contributed by atoms with Crippen molar-refractivity contribution in [2.24, 2.45) is 11.3 Å². The van der Waals surface area contributed by atoms with Gasteiger partial charge in [0.05, 0.1) is 13.2 Å². The standard InChI is InChI=1S/C15H29N3O3/c1-12(2)11-17-14(20)15(3,4)13(19)16-5-6-18-7-9-21-10-8-18/h12H,5-11H2,1-4H3,(H,16,19)(H,17,20). The number of hydrogen-bond acceptors (Lipinski definition) is 4. The molecule has 0 aliphatic carbocycles. The number of nitrogens with one attached hydrogen (secondary N) is 2. The fourth-order valence-corrected chi connectivity index (χ4v) is 1.99. The fourth-order valence-electron chi connectivity index (χ4n) is 1.99. The molecule has 0 atom stereocenters. The highest BCUT2D eigenvalue weighted by molar-refractivity contribution is 6.04. The van der Waals surface area contributed by atoms with Crippen molar-refractivity contribution in [3.05, 3.63) is 0 Å². The number of nitrogens with zero attached hydrogens (tertiary/aromatic N) is 1. The second kappa shape index (κ2) is 8.34. The Hall–Kier alpha value is -1.14. The smallest absolute Gasteiger partial charge is 0.235 e. The van der Waals surface area contributed by atoms with Crippen molar-refractivity contribution in [2.75, 3.05) is 45.9 Å². The van der Waals surface area contributed by atoms with Gasteiger partial charge in [-0.25, -0.2) is 0 Å². The Morgan fingerprint density at radius 2 is 1.71 bits per heavy atom. The van der Waals surface area contributed by atoms with Crippen LogP contribution in [0.1, 0.15) is 27.7 Å². The van der Waals surface area contributed by atoms with Crippen molar-refractivity contribution in [1.29, 1.82) is 0 Å². The van der Waals surface area contributed by atoms with Gasteiger partial charge in [0, 0.05) is 32.7 Å². The van der Waals surface area contributed by atoms with Crippen molar-refractivity contribution in [2.45, 2.75) is 27.7 Å². The van der Waals surface area contributed by atoms with E-state index >= 15 is 0 Å². The Bertz CT molecular complexity index is 350. The summed E-state index contributed by atoms with van der Waals surface area (Å²) in [5.74, 6) is -0.0776. The Morgan fingerprint density at radius 1 is 1.14 bits per heavy atom. The van der Waals surface area contributed by atoms with Gasteiger partial charge in [-0.2, -0.15) is 0 Å². The highest BCUT2D eigenvalue weighted by Crippen LogP contribution is 2.15. The van der Waals surface area contributed by atoms with E-state index in [1.807, 2.05) is 13.8 Å². The summed E-state index contributed by atoms with van der Waals surface area (Å²) in [6, 6.07) is 0. The fraction of sp³-hybridized carbons (Fsp3) is 0.867. The molecular formula is C15H29N3O3. The number of amides is 2. The Balaban J connectivity index is 2.32. The number of rotatable bonds is 7. The molecule has 0 bridgehead atoms. The molecule has 0 aromatic carbocycles. The third-order valence-corrected chi connectivity index (χ3v) is 3.62. The van der Waals surface area contributed by atoms with E-state index < -0.39 is 5.41 Å². The highest BCUT2D eigenvalue weighted by Gasteiger charge is 2.35. The van der Waals surface area contributed by atoms with Crippen LogP contribution in [0.3, 0.4) is 0 Å². The molecule has 1 aliphatic heterocycles. The zero-order valence-corrected chi connectivity index (χ0v) is 13.7. The summed E-state index contributed by atoms with van der Waals surface area (Å²) < 4.78 is 5.28. The molecule has 122 valence electrons. The molecule has 6 heteroatoms. The van der Waals surface area contributed by atoms with Crippen molar-refractivity contribution < 1.29 is 14.3 Å². The lowest BCUT2D eigenvalue weighted by Gasteiger charge is -2.28. The lowest BCUT2D eigenvalue weighted by molar-refractivity contribution is -0.141. The average molecular weight is 299 g/mol. The number of hydrogen-bond donors (Lipinski definition) is 2. The molecule has 1 saturated heterocycles. The third kappa shape index (κ3) is 6.01. The molecule has 0 aromatic heterocycles. The molecule has 2 amide bonds. The molecule has 1 aliphatic rings. The van der Waals surface area contributed by atoms with Crippen molar-refractivity contribution in [3.8, 4) is 0 Å². The monoisotopic (exact) mass is 299 g/mol. The normalized spacial score (nSPS) is 16.8. The Morgan fingerprint density at radius 3 is 2.29 bits per heavy atom. The predicted octanol–water partition coefficient (Wildman–Crippen LogP) is 0.233. The second-order valence-electron chi connectivity index (χ2n) is 6.44. The van der Waals surface area contributed by atoms with Crippen molar-refractivity contribution in [3.63, 3.8) is 0 Å². The van der Waals surface area contributed by atoms with Crippen LogP contribution in [0.25, 0.3) is 0 Å². The van der Waals surface area contributed by atoms with Crippen LogP contribution in [-0.4, -0.2) is 62.7 Å². The summed E-state index contributed by atoms with van der Waals surface area (Å²) >= 11 is 0. The van der Waals surface area contributed by atoms with Crippen molar-refractivity contribution >= 4 is 11.8 Å². The molecule has 21 heavy (non-hydrogen) atoms. The topological polar surface area (TPSA) is 70.7 Å². The van der Waals surface area contributed by atoms with Crippen LogP contribution in [0, 0.1) is 11.3 Å². The number of ether oxygens (including phenoxy) is 1. The molecule has 6 nitrogen and oxygen atoms in total. The first-order chi connectivity index (χ1) is 9.84. The number of carbonyl (C=O) groups is 2. The van der Waals surface area contributed by atoms with E-state index in [9.17, 15) is 9.59 Å². The predicted molar refractivity (Wildman–Crippen MR) is 81.9 cm³/mol. The minimum atomic E-state index is -1.04. The van der Waals surface area contributed by atoms with Gasteiger partial charge < -0.3 is 15.4 Å². The number of carbonyl (C=O) groups excluding carboxylic acids is 2. The molecular weight excluding hydrogens is 270 g/mol. The van der Waals surface area contributed by atoms with Gasteiger partial charge >= 0.3 is 0 Å². The zero-order chi connectivity index (χ0) is 15.9. The van der Waals surface area contributed by atoms with Gasteiger partial charge in [0.25, 0.3) is 0 Å². The van der Waals surface area contributed by atoms with Gasteiger partial charge in [0.2, 0.25) is 11.8 Å². The van der Waals surface area contributed by atoms with Crippen LogP contribution < -0.4 is 10.6 Å². The summed E-state index contributed by atoms with van der Waals surface area (Å²) in [7, 11) is 0. The molecule has 0 radical (unpaired) electrons. The molecule has 1 heterocycles. The largest absolute Gasteiger partial charge is 0.379 e. The highest BCUT2D eigenvalue weighted by atomic mass is 16.5. The summed E-state index contributed by atoms with van der Waals surface area (Å²) in [5, 5.41) is 5.67. The molecule has 0 unspecified atom stereocenters. The first kappa shape index (κ1) is 17.9. The van der Waals surface area contributed by atoms with Crippen LogP contribution in [0.2, 0.25) is 0 Å².